The van der Waals surface area contributed by atoms with Crippen LogP contribution in [-0.2, 0) is 26.3 Å². The highest BCUT2D eigenvalue weighted by molar-refractivity contribution is 6.04. The number of carbonyl (C=O) groups is 2. The number of benzene rings is 4. The molecular formula is C60H64N8O6. The number of carbonyl (C=O) groups excluding carboxylic acids is 2. The second kappa shape index (κ2) is 22.9. The maximum atomic E-state index is 13.5. The number of aliphatic hydroxyl groups is 2. The van der Waals surface area contributed by atoms with E-state index < -0.39 is 12.2 Å². The maximum Gasteiger partial charge on any atom is 0.272 e. The van der Waals surface area contributed by atoms with Gasteiger partial charge < -0.3 is 29.5 Å². The summed E-state index contributed by atoms with van der Waals surface area (Å²) in [4.78, 5) is 38.7. The normalized spacial score (nSPS) is 14.1. The molecule has 2 atom stereocenters. The lowest BCUT2D eigenvalue weighted by atomic mass is 9.98. The Morgan fingerprint density at radius 3 is 1.14 bits per heavy atom. The van der Waals surface area contributed by atoms with Gasteiger partial charge in [-0.05, 0) is 108 Å². The molecule has 8 aromatic rings. The van der Waals surface area contributed by atoms with E-state index in [4.69, 9.17) is 19.7 Å². The van der Waals surface area contributed by atoms with Crippen LogP contribution in [0.25, 0.3) is 44.8 Å². The average molecular weight is 993 g/mol. The van der Waals surface area contributed by atoms with E-state index in [1.165, 1.54) is 11.1 Å². The van der Waals surface area contributed by atoms with Gasteiger partial charge in [-0.25, -0.2) is 0 Å². The quantitative estimate of drug-likeness (QED) is 0.0954. The number of β-amino-alcohol motifs (C(OH)–C–C–N with tert-alkyl or cyclic N) is 2. The molecule has 0 saturated heterocycles. The van der Waals surface area contributed by atoms with Gasteiger partial charge in [0, 0.05) is 73.2 Å². The van der Waals surface area contributed by atoms with Crippen LogP contribution in [0.2, 0.25) is 0 Å². The van der Waals surface area contributed by atoms with Gasteiger partial charge in [-0.1, -0.05) is 100 Å². The van der Waals surface area contributed by atoms with Gasteiger partial charge in [-0.15, -0.1) is 0 Å². The molecule has 10 rings (SSSR count). The van der Waals surface area contributed by atoms with Crippen molar-refractivity contribution in [1.29, 1.82) is 0 Å². The summed E-state index contributed by atoms with van der Waals surface area (Å²) in [7, 11) is 0. The van der Waals surface area contributed by atoms with Crippen LogP contribution < -0.4 is 9.47 Å². The molecule has 2 aliphatic rings. The minimum Gasteiger partial charge on any atom is -0.489 e. The van der Waals surface area contributed by atoms with E-state index in [9.17, 15) is 19.8 Å². The minimum absolute atomic E-state index is 0.125. The third kappa shape index (κ3) is 11.6. The summed E-state index contributed by atoms with van der Waals surface area (Å²) in [6.07, 6.45) is 5.71. The smallest absolute Gasteiger partial charge is 0.272 e. The fraction of sp³-hybridized carbons (Fsp3) is 0.300. The highest BCUT2D eigenvalue weighted by Crippen LogP contribution is 2.39. The van der Waals surface area contributed by atoms with E-state index in [0.29, 0.717) is 75.7 Å². The summed E-state index contributed by atoms with van der Waals surface area (Å²) >= 11 is 0. The van der Waals surface area contributed by atoms with Gasteiger partial charge in [0.25, 0.3) is 11.8 Å². The largest absolute Gasteiger partial charge is 0.489 e. The number of amides is 2. The molecule has 2 unspecified atom stereocenters. The molecule has 0 fully saturated rings. The van der Waals surface area contributed by atoms with Crippen LogP contribution in [-0.4, -0.2) is 99.7 Å². The van der Waals surface area contributed by atoms with Crippen molar-refractivity contribution in [2.45, 2.75) is 91.9 Å². The number of hydrogen-bond acceptors (Lipinski definition) is 10. The second-order valence-corrected chi connectivity index (χ2v) is 19.7. The lowest BCUT2D eigenvalue weighted by molar-refractivity contribution is 0.0581. The molecule has 0 saturated carbocycles. The summed E-state index contributed by atoms with van der Waals surface area (Å²) in [6.45, 7) is 15.8. The number of fused-ring (bicyclic) bond motifs is 2. The molecule has 6 heterocycles. The Balaban J connectivity index is 0.000000182. The Hall–Kier alpha value is -7.94. The first-order chi connectivity index (χ1) is 35.8. The SMILES string of the molecule is CC(O)CN1CCn2nc(-c3ccncc3)c(-c3ccc(OCc4ccc(C(C)C)cc4)cc3)c2C1=O.CC(O)CN1CCn2nc(-c3ccncc3)c(-c3ccc(OCc4ccc(C(C)C)cc4)cc3)c2C1=O. The number of hydrogen-bond donors (Lipinski definition) is 2. The Morgan fingerprint density at radius 2 is 0.811 bits per heavy atom. The van der Waals surface area contributed by atoms with Crippen LogP contribution in [0.15, 0.2) is 146 Å². The number of nitrogens with zero attached hydrogens (tertiary/aromatic N) is 8. The number of pyridine rings is 2. The first-order valence-corrected chi connectivity index (χ1v) is 25.4. The number of ether oxygens (including phenoxy) is 2. The molecule has 0 radical (unpaired) electrons. The van der Waals surface area contributed by atoms with Gasteiger partial charge in [0.1, 0.15) is 47.5 Å². The predicted octanol–water partition coefficient (Wildman–Crippen LogP) is 10.3. The van der Waals surface area contributed by atoms with E-state index in [1.807, 2.05) is 72.8 Å². The molecule has 14 nitrogen and oxygen atoms in total. The zero-order valence-electron chi connectivity index (χ0n) is 42.9. The van der Waals surface area contributed by atoms with Gasteiger partial charge >= 0.3 is 0 Å². The number of aliphatic hydroxyl groups excluding tert-OH is 2. The zero-order chi connectivity index (χ0) is 51.9. The van der Waals surface area contributed by atoms with E-state index in [1.54, 1.807) is 57.8 Å². The molecule has 4 aromatic carbocycles. The van der Waals surface area contributed by atoms with E-state index in [-0.39, 0.29) is 11.8 Å². The highest BCUT2D eigenvalue weighted by atomic mass is 16.5. The molecule has 0 bridgehead atoms. The minimum atomic E-state index is -0.598. The molecule has 74 heavy (non-hydrogen) atoms. The van der Waals surface area contributed by atoms with E-state index in [0.717, 1.165) is 67.4 Å². The van der Waals surface area contributed by atoms with Crippen molar-refractivity contribution >= 4 is 11.8 Å². The van der Waals surface area contributed by atoms with Crippen molar-refractivity contribution in [1.82, 2.24) is 39.3 Å². The molecule has 2 aliphatic heterocycles. The third-order valence-corrected chi connectivity index (χ3v) is 13.3. The van der Waals surface area contributed by atoms with Crippen LogP contribution in [0.3, 0.4) is 0 Å². The highest BCUT2D eigenvalue weighted by Gasteiger charge is 2.34. The van der Waals surface area contributed by atoms with Gasteiger partial charge in [0.15, 0.2) is 0 Å². The van der Waals surface area contributed by atoms with Crippen LogP contribution >= 0.6 is 0 Å². The van der Waals surface area contributed by atoms with Crippen molar-refractivity contribution in [3.05, 3.63) is 180 Å². The Bertz CT molecular complexity index is 2940. The molecule has 2 amide bonds. The van der Waals surface area contributed by atoms with Gasteiger partial charge in [-0.2, -0.15) is 10.2 Å². The van der Waals surface area contributed by atoms with Gasteiger partial charge in [0.2, 0.25) is 0 Å². The molecular weight excluding hydrogens is 929 g/mol. The average Bonchev–Trinajstić information content (AvgIpc) is 4.01. The van der Waals surface area contributed by atoms with Gasteiger partial charge in [-0.3, -0.25) is 28.9 Å². The fourth-order valence-electron chi connectivity index (χ4n) is 9.34. The Labute approximate surface area is 432 Å². The Morgan fingerprint density at radius 1 is 0.459 bits per heavy atom. The lowest BCUT2D eigenvalue weighted by Crippen LogP contribution is -2.43. The van der Waals surface area contributed by atoms with Crippen LogP contribution in [0.1, 0.15) is 96.6 Å². The summed E-state index contributed by atoms with van der Waals surface area (Å²) in [5.41, 5.74) is 12.5. The first kappa shape index (κ1) is 51.0. The monoisotopic (exact) mass is 992 g/mol. The maximum absolute atomic E-state index is 13.5. The van der Waals surface area contributed by atoms with E-state index in [2.05, 4.69) is 86.2 Å². The summed E-state index contributed by atoms with van der Waals surface area (Å²) in [5, 5.41) is 29.5. The molecule has 2 N–H and O–H groups in total. The van der Waals surface area contributed by atoms with Crippen molar-refractivity contribution in [2.75, 3.05) is 26.2 Å². The lowest BCUT2D eigenvalue weighted by Gasteiger charge is -2.29. The fourth-order valence-corrected chi connectivity index (χ4v) is 9.34. The molecule has 14 heteroatoms. The Kier molecular flexibility index (Phi) is 15.8. The summed E-state index contributed by atoms with van der Waals surface area (Å²) in [6, 6.07) is 40.2. The van der Waals surface area contributed by atoms with Crippen molar-refractivity contribution in [2.24, 2.45) is 0 Å². The van der Waals surface area contributed by atoms with Crippen LogP contribution in [0, 0.1) is 0 Å². The van der Waals surface area contributed by atoms with Crippen molar-refractivity contribution in [3.8, 4) is 56.3 Å². The van der Waals surface area contributed by atoms with Gasteiger partial charge in [0.05, 0.1) is 25.3 Å². The van der Waals surface area contributed by atoms with E-state index >= 15 is 0 Å². The predicted molar refractivity (Wildman–Crippen MR) is 287 cm³/mol. The molecule has 380 valence electrons. The molecule has 0 aliphatic carbocycles. The zero-order valence-corrected chi connectivity index (χ0v) is 42.9. The standard InChI is InChI=1S/2C30H32N4O3/c2*1-20(2)23-6-4-22(5-7-23)19-37-26-10-8-24(9-11-26)27-28(25-12-14-31-15-13-25)32-34-17-16-33(18-21(3)35)30(36)29(27)34/h2*4-15,20-21,35H,16-19H2,1-3H3. The number of aromatic nitrogens is 6. The molecule has 0 spiro atoms. The topological polar surface area (TPSA) is 161 Å². The van der Waals surface area contributed by atoms with Crippen LogP contribution in [0.5, 0.6) is 11.5 Å². The summed E-state index contributed by atoms with van der Waals surface area (Å²) < 4.78 is 15.7. The molecule has 4 aromatic heterocycles. The van der Waals surface area contributed by atoms with Crippen LogP contribution in [0.4, 0.5) is 0 Å². The van der Waals surface area contributed by atoms with Crippen molar-refractivity contribution < 1.29 is 29.3 Å². The summed E-state index contributed by atoms with van der Waals surface area (Å²) in [5.74, 6) is 2.26. The first-order valence-electron chi connectivity index (χ1n) is 25.4. The second-order valence-electron chi connectivity index (χ2n) is 19.7. The van der Waals surface area contributed by atoms with Crippen molar-refractivity contribution in [3.63, 3.8) is 0 Å². The number of rotatable bonds is 16. The third-order valence-electron chi connectivity index (χ3n) is 13.3.